The number of pyridine rings is 1. The van der Waals surface area contributed by atoms with Gasteiger partial charge in [0.2, 0.25) is 5.91 Å². The molecule has 1 aromatic heterocycles. The van der Waals surface area contributed by atoms with Gasteiger partial charge in [-0.15, -0.1) is 0 Å². The van der Waals surface area contributed by atoms with Gasteiger partial charge in [0.25, 0.3) is 0 Å². The molecule has 2 atom stereocenters. The molecule has 0 unspecified atom stereocenters. The normalized spacial score (nSPS) is 21.1. The number of nitrogens with two attached hydrogens (primary N) is 1. The number of rotatable bonds is 4. The van der Waals surface area contributed by atoms with Crippen LogP contribution in [0.15, 0.2) is 30.5 Å². The highest BCUT2D eigenvalue weighted by atomic mass is 19.4. The van der Waals surface area contributed by atoms with Crippen LogP contribution in [0.3, 0.4) is 0 Å². The quantitative estimate of drug-likeness (QED) is 0.686. The molecule has 1 fully saturated rings. The summed E-state index contributed by atoms with van der Waals surface area (Å²) in [6.07, 6.45) is -10.6. The number of carbonyl (C=O) groups is 1. The molecule has 0 bridgehead atoms. The van der Waals surface area contributed by atoms with E-state index in [1.165, 1.54) is 17.0 Å². The van der Waals surface area contributed by atoms with Gasteiger partial charge in [-0.2, -0.15) is 26.3 Å². The molecule has 1 aromatic carbocycles. The summed E-state index contributed by atoms with van der Waals surface area (Å²) in [6, 6.07) is 3.00. The third-order valence-corrected chi connectivity index (χ3v) is 5.44. The lowest BCUT2D eigenvalue weighted by Crippen LogP contribution is -2.37. The van der Waals surface area contributed by atoms with E-state index in [4.69, 9.17) is 14.6 Å². The van der Waals surface area contributed by atoms with Crippen molar-refractivity contribution in [2.24, 2.45) is 5.73 Å². The molecule has 0 saturated carbocycles. The number of benzene rings is 1. The fourth-order valence-electron chi connectivity index (χ4n) is 3.84. The molecule has 2 aromatic rings. The van der Waals surface area contributed by atoms with E-state index in [9.17, 15) is 31.1 Å². The third-order valence-electron chi connectivity index (χ3n) is 5.44. The minimum atomic E-state index is -5.16. The molecule has 1 aliphatic heterocycles. The molecule has 2 N–H and O–H groups in total. The van der Waals surface area contributed by atoms with Crippen LogP contribution < -0.4 is 10.5 Å². The number of halogens is 6. The number of alkyl halides is 6. The molecular weight excluding hydrogens is 440 g/mol. The van der Waals surface area contributed by atoms with Crippen LogP contribution in [0.5, 0.6) is 5.75 Å². The van der Waals surface area contributed by atoms with Gasteiger partial charge in [-0.05, 0) is 36.6 Å². The fraction of sp³-hybridized carbons (Fsp3) is 0.429. The number of hydrogen-bond acceptors (Lipinski definition) is 4. The molecule has 11 heteroatoms. The Hall–Kier alpha value is -2.82. The molecule has 0 aliphatic carbocycles. The lowest BCUT2D eigenvalue weighted by molar-refractivity contribution is -0.144. The zero-order chi connectivity index (χ0) is 26.3. The Morgan fingerprint density at radius 2 is 2.00 bits per heavy atom. The highest BCUT2D eigenvalue weighted by molar-refractivity contribution is 5.80. The number of nitrogens with zero attached hydrogens (tertiary/aromatic N) is 2. The molecular formula is C21H21F6N3O2. The standard InChI is InChI=1S/C21H21F6N3O2/c1-11-13(4-3-5-17(11)32-2)19-15(28)6-7-30(19)18(31)9-16-14(21(25,26)27)8-12(10-29-16)20(22,23)24/h3-5,8,10,15,19H,6-7,9,28H2,1-2H3/t15-,19-/m1/s1/i2D3. The second-order valence-electron chi connectivity index (χ2n) is 7.45. The number of ether oxygens (including phenoxy) is 1. The van der Waals surface area contributed by atoms with Gasteiger partial charge in [0.1, 0.15) is 5.75 Å². The van der Waals surface area contributed by atoms with E-state index in [0.29, 0.717) is 17.5 Å². The Kier molecular flexibility index (Phi) is 5.34. The molecule has 32 heavy (non-hydrogen) atoms. The van der Waals surface area contributed by atoms with Crippen molar-refractivity contribution >= 4 is 5.91 Å². The van der Waals surface area contributed by atoms with Crippen LogP contribution in [0.1, 0.15) is 44.5 Å². The molecule has 2 heterocycles. The van der Waals surface area contributed by atoms with Gasteiger partial charge < -0.3 is 15.4 Å². The molecule has 1 saturated heterocycles. The highest BCUT2D eigenvalue weighted by Crippen LogP contribution is 2.39. The number of carbonyl (C=O) groups excluding carboxylic acids is 1. The number of amides is 1. The van der Waals surface area contributed by atoms with Gasteiger partial charge in [-0.1, -0.05) is 12.1 Å². The van der Waals surface area contributed by atoms with E-state index in [2.05, 4.69) is 4.98 Å². The summed E-state index contributed by atoms with van der Waals surface area (Å²) in [5.41, 5.74) is 2.94. The van der Waals surface area contributed by atoms with Gasteiger partial charge in [-0.25, -0.2) is 0 Å². The Labute approximate surface area is 184 Å². The Morgan fingerprint density at radius 3 is 2.62 bits per heavy atom. The first-order valence-corrected chi connectivity index (χ1v) is 9.46. The fourth-order valence-corrected chi connectivity index (χ4v) is 3.84. The van der Waals surface area contributed by atoms with E-state index in [1.807, 2.05) is 0 Å². The largest absolute Gasteiger partial charge is 0.496 e. The van der Waals surface area contributed by atoms with Gasteiger partial charge in [0.15, 0.2) is 0 Å². The first-order chi connectivity index (χ1) is 16.0. The summed E-state index contributed by atoms with van der Waals surface area (Å²) in [4.78, 5) is 17.6. The summed E-state index contributed by atoms with van der Waals surface area (Å²) in [5, 5.41) is 0. The van der Waals surface area contributed by atoms with E-state index in [-0.39, 0.29) is 24.6 Å². The first-order valence-electron chi connectivity index (χ1n) is 11.0. The van der Waals surface area contributed by atoms with Crippen LogP contribution in [-0.2, 0) is 23.6 Å². The Morgan fingerprint density at radius 1 is 1.28 bits per heavy atom. The number of aromatic nitrogens is 1. The maximum Gasteiger partial charge on any atom is 0.418 e. The van der Waals surface area contributed by atoms with Crippen LogP contribution in [0.4, 0.5) is 26.3 Å². The summed E-state index contributed by atoms with van der Waals surface area (Å²) in [6.45, 7) is 1.64. The van der Waals surface area contributed by atoms with Gasteiger partial charge in [0.05, 0.1) is 40.4 Å². The predicted molar refractivity (Wildman–Crippen MR) is 103 cm³/mol. The average molecular weight is 464 g/mol. The van der Waals surface area contributed by atoms with Crippen molar-refractivity contribution < 1.29 is 40.0 Å². The van der Waals surface area contributed by atoms with Crippen molar-refractivity contribution in [2.45, 2.75) is 44.2 Å². The lowest BCUT2D eigenvalue weighted by atomic mass is 9.95. The van der Waals surface area contributed by atoms with Gasteiger partial charge in [0, 0.05) is 18.8 Å². The SMILES string of the molecule is [2H]C([2H])([2H])Oc1cccc([C@@H]2[C@H](N)CCN2C(=O)Cc2ncc(C(F)(F)F)cc2C(F)(F)F)c1C. The van der Waals surface area contributed by atoms with E-state index >= 15 is 0 Å². The monoisotopic (exact) mass is 464 g/mol. The van der Waals surface area contributed by atoms with Crippen molar-refractivity contribution in [3.05, 3.63) is 58.4 Å². The summed E-state index contributed by atoms with van der Waals surface area (Å²) in [5.74, 6) is -0.792. The predicted octanol–water partition coefficient (Wildman–Crippen LogP) is 4.28. The van der Waals surface area contributed by atoms with Gasteiger partial charge >= 0.3 is 12.4 Å². The average Bonchev–Trinajstić information content (AvgIpc) is 3.08. The number of likely N-dealkylation sites (tertiary alicyclic amines) is 1. The van der Waals surface area contributed by atoms with Crippen LogP contribution in [-0.4, -0.2) is 35.4 Å². The minimum absolute atomic E-state index is 0.0257. The Bertz CT molecular complexity index is 1110. The second-order valence-corrected chi connectivity index (χ2v) is 7.45. The van der Waals surface area contributed by atoms with Crippen LogP contribution in [0.2, 0.25) is 0 Å². The van der Waals surface area contributed by atoms with Crippen LogP contribution in [0.25, 0.3) is 0 Å². The van der Waals surface area contributed by atoms with Crippen molar-refractivity contribution in [1.29, 1.82) is 0 Å². The minimum Gasteiger partial charge on any atom is -0.496 e. The van der Waals surface area contributed by atoms with E-state index < -0.39 is 60.6 Å². The Balaban J connectivity index is 1.94. The number of hydrogen-bond donors (Lipinski definition) is 1. The third kappa shape index (κ3) is 4.67. The summed E-state index contributed by atoms with van der Waals surface area (Å²) >= 11 is 0. The maximum atomic E-state index is 13.5. The van der Waals surface area contributed by atoms with Crippen molar-refractivity contribution in [3.63, 3.8) is 0 Å². The summed E-state index contributed by atoms with van der Waals surface area (Å²) in [7, 11) is -2.74. The highest BCUT2D eigenvalue weighted by Gasteiger charge is 2.41. The van der Waals surface area contributed by atoms with Crippen LogP contribution in [0, 0.1) is 6.92 Å². The van der Waals surface area contributed by atoms with Crippen LogP contribution >= 0.6 is 0 Å². The number of methoxy groups -OCH3 is 1. The second kappa shape index (κ2) is 8.61. The topological polar surface area (TPSA) is 68.5 Å². The van der Waals surface area contributed by atoms with E-state index in [0.717, 1.165) is 0 Å². The molecule has 0 spiro atoms. The first kappa shape index (κ1) is 19.8. The molecule has 5 nitrogen and oxygen atoms in total. The lowest BCUT2D eigenvalue weighted by Gasteiger charge is -2.29. The smallest absolute Gasteiger partial charge is 0.418 e. The van der Waals surface area contributed by atoms with Crippen molar-refractivity contribution in [2.75, 3.05) is 13.6 Å². The maximum absolute atomic E-state index is 13.5. The summed E-state index contributed by atoms with van der Waals surface area (Å²) < 4.78 is 106. The molecule has 1 amide bonds. The van der Waals surface area contributed by atoms with Crippen molar-refractivity contribution in [3.8, 4) is 5.75 Å². The van der Waals surface area contributed by atoms with Crippen molar-refractivity contribution in [1.82, 2.24) is 9.88 Å². The molecule has 174 valence electrons. The molecule has 0 radical (unpaired) electrons. The molecule has 1 aliphatic rings. The molecule has 3 rings (SSSR count). The van der Waals surface area contributed by atoms with Gasteiger partial charge in [-0.3, -0.25) is 9.78 Å². The zero-order valence-electron chi connectivity index (χ0n) is 19.7. The van der Waals surface area contributed by atoms with E-state index in [1.54, 1.807) is 13.0 Å². The zero-order valence-corrected chi connectivity index (χ0v) is 16.7.